The second kappa shape index (κ2) is 9.82. The third-order valence-electron chi connectivity index (χ3n) is 3.64. The Balaban J connectivity index is 1.71. The van der Waals surface area contributed by atoms with Crippen molar-refractivity contribution in [2.75, 3.05) is 25.5 Å². The summed E-state index contributed by atoms with van der Waals surface area (Å²) < 4.78 is 40.2. The summed E-state index contributed by atoms with van der Waals surface area (Å²) in [6, 6.07) is 15.5. The second-order valence-electron chi connectivity index (χ2n) is 6.04. The molecule has 0 atom stereocenters. The molecular weight excluding hydrogens is 357 g/mol. The minimum absolute atomic E-state index is 0.213. The summed E-state index contributed by atoms with van der Waals surface area (Å²) in [7, 11) is 2.04. The van der Waals surface area contributed by atoms with E-state index < -0.39 is 6.36 Å². The highest BCUT2D eigenvalue weighted by Gasteiger charge is 2.30. The van der Waals surface area contributed by atoms with Gasteiger partial charge in [-0.3, -0.25) is 4.99 Å². The van der Waals surface area contributed by atoms with Gasteiger partial charge in [-0.2, -0.15) is 0 Å². The maximum Gasteiger partial charge on any atom is 0.573 e. The zero-order valence-electron chi connectivity index (χ0n) is 15.0. The van der Waals surface area contributed by atoms with Crippen LogP contribution in [-0.4, -0.2) is 37.4 Å². The van der Waals surface area contributed by atoms with Gasteiger partial charge in [-0.25, -0.2) is 0 Å². The van der Waals surface area contributed by atoms with Crippen molar-refractivity contribution in [2.45, 2.75) is 19.3 Å². The largest absolute Gasteiger partial charge is 0.573 e. The number of guanidine groups is 1. The summed E-state index contributed by atoms with van der Waals surface area (Å²) >= 11 is 0. The fourth-order valence-corrected chi connectivity index (χ4v) is 2.44. The van der Waals surface area contributed by atoms with E-state index in [9.17, 15) is 13.2 Å². The molecule has 27 heavy (non-hydrogen) atoms. The average Bonchev–Trinajstić information content (AvgIpc) is 2.60. The van der Waals surface area contributed by atoms with Crippen LogP contribution < -0.4 is 15.8 Å². The summed E-state index contributed by atoms with van der Waals surface area (Å²) in [5, 5.41) is 2.84. The van der Waals surface area contributed by atoms with Gasteiger partial charge in [0.15, 0.2) is 5.96 Å². The third-order valence-corrected chi connectivity index (χ3v) is 3.64. The molecule has 0 radical (unpaired) electrons. The highest BCUT2D eigenvalue weighted by Crippen LogP contribution is 2.23. The third kappa shape index (κ3) is 8.46. The fourth-order valence-electron chi connectivity index (χ4n) is 2.44. The number of nitrogens with zero attached hydrogens (tertiary/aromatic N) is 2. The van der Waals surface area contributed by atoms with Crippen LogP contribution in [0.4, 0.5) is 18.9 Å². The van der Waals surface area contributed by atoms with Crippen molar-refractivity contribution >= 4 is 11.6 Å². The van der Waals surface area contributed by atoms with Gasteiger partial charge in [0.1, 0.15) is 5.75 Å². The van der Waals surface area contributed by atoms with Crippen LogP contribution in [0.5, 0.6) is 5.75 Å². The monoisotopic (exact) mass is 380 g/mol. The van der Waals surface area contributed by atoms with Crippen molar-refractivity contribution in [3.05, 3.63) is 60.2 Å². The number of rotatable bonds is 8. The van der Waals surface area contributed by atoms with Crippen molar-refractivity contribution < 1.29 is 17.9 Å². The van der Waals surface area contributed by atoms with Gasteiger partial charge in [-0.1, -0.05) is 30.3 Å². The van der Waals surface area contributed by atoms with Crippen molar-refractivity contribution in [3.63, 3.8) is 0 Å². The van der Waals surface area contributed by atoms with Crippen LogP contribution in [0, 0.1) is 0 Å². The van der Waals surface area contributed by atoms with Crippen LogP contribution in [0.2, 0.25) is 0 Å². The summed E-state index contributed by atoms with van der Waals surface area (Å²) in [5.74, 6) is -0.0739. The zero-order valence-corrected chi connectivity index (χ0v) is 15.0. The van der Waals surface area contributed by atoms with Gasteiger partial charge < -0.3 is 20.7 Å². The first-order valence-electron chi connectivity index (χ1n) is 8.47. The molecule has 0 saturated heterocycles. The summed E-state index contributed by atoms with van der Waals surface area (Å²) in [4.78, 5) is 6.43. The van der Waals surface area contributed by atoms with E-state index in [1.54, 1.807) is 0 Å². The summed E-state index contributed by atoms with van der Waals surface area (Å²) in [6.07, 6.45) is -3.87. The van der Waals surface area contributed by atoms with Gasteiger partial charge in [-0.15, -0.1) is 13.2 Å². The quantitative estimate of drug-likeness (QED) is 0.415. The number of benzene rings is 2. The zero-order chi connectivity index (χ0) is 19.7. The van der Waals surface area contributed by atoms with Crippen molar-refractivity contribution in [2.24, 2.45) is 10.7 Å². The molecule has 146 valence electrons. The molecule has 2 rings (SSSR count). The van der Waals surface area contributed by atoms with Gasteiger partial charge >= 0.3 is 6.36 Å². The van der Waals surface area contributed by atoms with Gasteiger partial charge in [-0.05, 0) is 49.8 Å². The van der Waals surface area contributed by atoms with Crippen LogP contribution in [0.15, 0.2) is 59.6 Å². The maximum atomic E-state index is 12.1. The van der Waals surface area contributed by atoms with Gasteiger partial charge in [0.25, 0.3) is 0 Å². The van der Waals surface area contributed by atoms with E-state index in [0.717, 1.165) is 19.5 Å². The van der Waals surface area contributed by atoms with Crippen LogP contribution in [-0.2, 0) is 6.54 Å². The Morgan fingerprint density at radius 3 is 2.41 bits per heavy atom. The van der Waals surface area contributed by atoms with Gasteiger partial charge in [0, 0.05) is 18.8 Å². The minimum atomic E-state index is -4.71. The van der Waals surface area contributed by atoms with Crippen LogP contribution in [0.25, 0.3) is 0 Å². The average molecular weight is 380 g/mol. The molecule has 0 aliphatic heterocycles. The Morgan fingerprint density at radius 2 is 1.78 bits per heavy atom. The first kappa shape index (κ1) is 20.6. The minimum Gasteiger partial charge on any atom is -0.406 e. The fraction of sp³-hybridized carbons (Fsp3) is 0.316. The van der Waals surface area contributed by atoms with E-state index in [4.69, 9.17) is 5.73 Å². The number of anilines is 1. The predicted molar refractivity (Wildman–Crippen MR) is 101 cm³/mol. The van der Waals surface area contributed by atoms with E-state index in [2.05, 4.69) is 32.1 Å². The topological polar surface area (TPSA) is 62.9 Å². The second-order valence-corrected chi connectivity index (χ2v) is 6.04. The molecule has 0 aliphatic rings. The molecule has 8 heteroatoms. The predicted octanol–water partition coefficient (Wildman–Crippen LogP) is 3.83. The molecule has 2 aromatic carbocycles. The van der Waals surface area contributed by atoms with Crippen molar-refractivity contribution in [1.82, 2.24) is 4.90 Å². The SMILES string of the molecule is CN(CCCN=C(N)Nc1ccc(OC(F)(F)F)cc1)Cc1ccccc1. The molecule has 0 aromatic heterocycles. The first-order valence-corrected chi connectivity index (χ1v) is 8.47. The number of alkyl halides is 3. The number of ether oxygens (including phenoxy) is 1. The molecule has 5 nitrogen and oxygen atoms in total. The van der Waals surface area contributed by atoms with E-state index in [1.807, 2.05) is 25.2 Å². The molecule has 0 heterocycles. The van der Waals surface area contributed by atoms with Gasteiger partial charge in [0.05, 0.1) is 0 Å². The number of nitrogens with two attached hydrogens (primary N) is 1. The number of aliphatic imine (C=N–C) groups is 1. The molecule has 0 spiro atoms. The van der Waals surface area contributed by atoms with E-state index in [1.165, 1.54) is 29.8 Å². The number of hydrogen-bond donors (Lipinski definition) is 2. The van der Waals surface area contributed by atoms with Crippen molar-refractivity contribution in [1.29, 1.82) is 0 Å². The Kier molecular flexibility index (Phi) is 7.48. The lowest BCUT2D eigenvalue weighted by atomic mass is 10.2. The molecule has 0 saturated carbocycles. The molecule has 0 aliphatic carbocycles. The number of nitrogens with one attached hydrogen (secondary N) is 1. The van der Waals surface area contributed by atoms with Crippen LogP contribution >= 0.6 is 0 Å². The Bertz CT molecular complexity index is 718. The van der Waals surface area contributed by atoms with E-state index in [-0.39, 0.29) is 11.7 Å². The Hall–Kier alpha value is -2.74. The van der Waals surface area contributed by atoms with Crippen LogP contribution in [0.1, 0.15) is 12.0 Å². The normalized spacial score (nSPS) is 12.3. The van der Waals surface area contributed by atoms with E-state index >= 15 is 0 Å². The summed E-state index contributed by atoms with van der Waals surface area (Å²) in [6.45, 7) is 2.28. The molecular formula is C19H23F3N4O. The van der Waals surface area contributed by atoms with Gasteiger partial charge in [0.2, 0.25) is 0 Å². The van der Waals surface area contributed by atoms with Crippen LogP contribution in [0.3, 0.4) is 0 Å². The Morgan fingerprint density at radius 1 is 1.11 bits per heavy atom. The molecule has 0 bridgehead atoms. The lowest BCUT2D eigenvalue weighted by Crippen LogP contribution is -2.24. The molecule has 3 N–H and O–H groups in total. The number of halogens is 3. The standard InChI is InChI=1S/C19H23F3N4O/c1-26(14-15-6-3-2-4-7-15)13-5-12-24-18(23)25-16-8-10-17(11-9-16)27-19(20,21)22/h2-4,6-11H,5,12-14H2,1H3,(H3,23,24,25). The number of hydrogen-bond acceptors (Lipinski definition) is 3. The Labute approximate surface area is 156 Å². The highest BCUT2D eigenvalue weighted by atomic mass is 19.4. The summed E-state index contributed by atoms with van der Waals surface area (Å²) in [5.41, 5.74) is 7.59. The first-order chi connectivity index (χ1) is 12.8. The highest BCUT2D eigenvalue weighted by molar-refractivity contribution is 5.92. The lowest BCUT2D eigenvalue weighted by Gasteiger charge is -2.16. The van der Waals surface area contributed by atoms with Crippen molar-refractivity contribution in [3.8, 4) is 5.75 Å². The molecule has 0 amide bonds. The molecule has 2 aromatic rings. The smallest absolute Gasteiger partial charge is 0.406 e. The maximum absolute atomic E-state index is 12.1. The van der Waals surface area contributed by atoms with E-state index in [0.29, 0.717) is 12.2 Å². The molecule has 0 unspecified atom stereocenters. The lowest BCUT2D eigenvalue weighted by molar-refractivity contribution is -0.274. The molecule has 0 fully saturated rings.